The minimum Gasteiger partial charge on any atom is -0.494 e. The van der Waals surface area contributed by atoms with E-state index in [0.29, 0.717) is 13.1 Å². The zero-order valence-corrected chi connectivity index (χ0v) is 16.8. The molecule has 1 fully saturated rings. The van der Waals surface area contributed by atoms with Gasteiger partial charge in [0.15, 0.2) is 5.13 Å². The summed E-state index contributed by atoms with van der Waals surface area (Å²) >= 11 is 1.63. The zero-order chi connectivity index (χ0) is 19.8. The van der Waals surface area contributed by atoms with Crippen LogP contribution in [0, 0.1) is 0 Å². The number of hydrogen-bond donors (Lipinski definition) is 0. The summed E-state index contributed by atoms with van der Waals surface area (Å²) < 4.78 is 12.2. The van der Waals surface area contributed by atoms with Crippen LogP contribution in [-0.4, -0.2) is 37.3 Å². The summed E-state index contributed by atoms with van der Waals surface area (Å²) in [6, 6.07) is 20.1. The summed E-state index contributed by atoms with van der Waals surface area (Å²) in [5.41, 5.74) is 1.88. The minimum atomic E-state index is -0.183. The normalized spacial score (nSPS) is 14.2. The summed E-state index contributed by atoms with van der Waals surface area (Å²) in [7, 11) is 1.66. The smallest absolute Gasteiger partial charge is 0.310 e. The molecule has 0 bridgehead atoms. The van der Waals surface area contributed by atoms with E-state index < -0.39 is 0 Å². The number of esters is 1. The standard InChI is InChI=1S/C23H20N2O3S/c1-27-19-10-5-11-20-22(19)24-23(29-20)25-13-17(14-25)28-21(26)12-16-8-4-7-15-6-2-3-9-18(15)16/h2-11,17H,12-14H2,1H3. The Morgan fingerprint density at radius 1 is 1.10 bits per heavy atom. The second-order valence-corrected chi connectivity index (χ2v) is 8.14. The number of para-hydroxylation sites is 1. The van der Waals surface area contributed by atoms with Crippen LogP contribution in [-0.2, 0) is 16.0 Å². The number of benzene rings is 3. The maximum atomic E-state index is 12.5. The van der Waals surface area contributed by atoms with Crippen LogP contribution in [0.15, 0.2) is 60.7 Å². The van der Waals surface area contributed by atoms with Gasteiger partial charge in [0.25, 0.3) is 0 Å². The van der Waals surface area contributed by atoms with Crippen molar-refractivity contribution in [2.45, 2.75) is 12.5 Å². The topological polar surface area (TPSA) is 51.7 Å². The number of aromatic nitrogens is 1. The average Bonchev–Trinajstić information content (AvgIpc) is 3.14. The largest absolute Gasteiger partial charge is 0.494 e. The Kier molecular flexibility index (Phi) is 4.56. The number of fused-ring (bicyclic) bond motifs is 2. The van der Waals surface area contributed by atoms with E-state index in [1.165, 1.54) is 0 Å². The molecule has 4 aromatic rings. The van der Waals surface area contributed by atoms with E-state index in [4.69, 9.17) is 14.5 Å². The van der Waals surface area contributed by atoms with E-state index in [1.807, 2.05) is 48.5 Å². The lowest BCUT2D eigenvalue weighted by molar-refractivity contribution is -0.149. The molecule has 0 atom stereocenters. The van der Waals surface area contributed by atoms with Crippen molar-refractivity contribution in [2.75, 3.05) is 25.1 Å². The minimum absolute atomic E-state index is 0.0913. The van der Waals surface area contributed by atoms with Gasteiger partial charge < -0.3 is 14.4 Å². The molecule has 29 heavy (non-hydrogen) atoms. The Labute approximate surface area is 172 Å². The van der Waals surface area contributed by atoms with Crippen LogP contribution < -0.4 is 9.64 Å². The summed E-state index contributed by atoms with van der Waals surface area (Å²) in [5.74, 6) is 0.598. The van der Waals surface area contributed by atoms with Gasteiger partial charge >= 0.3 is 5.97 Å². The molecular weight excluding hydrogens is 384 g/mol. The van der Waals surface area contributed by atoms with Crippen LogP contribution >= 0.6 is 11.3 Å². The lowest BCUT2D eigenvalue weighted by Gasteiger charge is -2.38. The second kappa shape index (κ2) is 7.37. The molecule has 0 N–H and O–H groups in total. The molecule has 0 aliphatic carbocycles. The van der Waals surface area contributed by atoms with E-state index in [1.54, 1.807) is 18.4 Å². The SMILES string of the molecule is COc1cccc2sc(N3CC(OC(=O)Cc4cccc5ccccc45)C3)nc12. The highest BCUT2D eigenvalue weighted by molar-refractivity contribution is 7.22. The second-order valence-electron chi connectivity index (χ2n) is 7.14. The van der Waals surface area contributed by atoms with Gasteiger partial charge in [-0.15, -0.1) is 0 Å². The van der Waals surface area contributed by atoms with Gasteiger partial charge in [0.05, 0.1) is 31.3 Å². The first-order valence-corrected chi connectivity index (χ1v) is 10.4. The quantitative estimate of drug-likeness (QED) is 0.461. The molecule has 6 heteroatoms. The molecule has 5 nitrogen and oxygen atoms in total. The fourth-order valence-electron chi connectivity index (χ4n) is 3.71. The van der Waals surface area contributed by atoms with Gasteiger partial charge in [0.1, 0.15) is 17.4 Å². The Bertz CT molecular complexity index is 1190. The molecule has 1 aliphatic rings. The molecule has 0 radical (unpaired) electrons. The number of nitrogens with zero attached hydrogens (tertiary/aromatic N) is 2. The van der Waals surface area contributed by atoms with Crippen molar-refractivity contribution in [3.05, 3.63) is 66.2 Å². The van der Waals surface area contributed by atoms with E-state index >= 15 is 0 Å². The fraction of sp³-hybridized carbons (Fsp3) is 0.217. The predicted molar refractivity (Wildman–Crippen MR) is 116 cm³/mol. The lowest BCUT2D eigenvalue weighted by atomic mass is 10.0. The summed E-state index contributed by atoms with van der Waals surface area (Å²) in [6.07, 6.45) is 0.197. The number of anilines is 1. The van der Waals surface area contributed by atoms with Gasteiger partial charge in [-0.25, -0.2) is 4.98 Å². The molecule has 1 aromatic heterocycles. The monoisotopic (exact) mass is 404 g/mol. The third-order valence-corrected chi connectivity index (χ3v) is 6.30. The van der Waals surface area contributed by atoms with Crippen molar-refractivity contribution in [1.82, 2.24) is 4.98 Å². The first-order valence-electron chi connectivity index (χ1n) is 9.56. The maximum Gasteiger partial charge on any atom is 0.310 e. The van der Waals surface area contributed by atoms with E-state index in [2.05, 4.69) is 17.0 Å². The van der Waals surface area contributed by atoms with Crippen molar-refractivity contribution in [3.8, 4) is 5.75 Å². The van der Waals surface area contributed by atoms with Crippen molar-refractivity contribution in [2.24, 2.45) is 0 Å². The summed E-state index contributed by atoms with van der Waals surface area (Å²) in [6.45, 7) is 1.34. The van der Waals surface area contributed by atoms with Gasteiger partial charge in [0.2, 0.25) is 0 Å². The molecule has 1 aliphatic heterocycles. The third kappa shape index (κ3) is 3.40. The van der Waals surface area contributed by atoms with Crippen LogP contribution in [0.1, 0.15) is 5.56 Å². The lowest BCUT2D eigenvalue weighted by Crippen LogP contribution is -2.53. The predicted octanol–water partition coefficient (Wildman–Crippen LogP) is 4.43. The maximum absolute atomic E-state index is 12.5. The Balaban J connectivity index is 1.22. The van der Waals surface area contributed by atoms with Crippen LogP contribution in [0.2, 0.25) is 0 Å². The van der Waals surface area contributed by atoms with E-state index in [9.17, 15) is 4.79 Å². The van der Waals surface area contributed by atoms with Crippen molar-refractivity contribution >= 4 is 43.4 Å². The highest BCUT2D eigenvalue weighted by Gasteiger charge is 2.32. The molecule has 0 spiro atoms. The van der Waals surface area contributed by atoms with Crippen molar-refractivity contribution < 1.29 is 14.3 Å². The molecule has 5 rings (SSSR count). The van der Waals surface area contributed by atoms with Gasteiger partial charge in [-0.3, -0.25) is 4.79 Å². The van der Waals surface area contributed by atoms with Gasteiger partial charge in [-0.05, 0) is 28.5 Å². The zero-order valence-electron chi connectivity index (χ0n) is 16.0. The molecular formula is C23H20N2O3S. The third-order valence-electron chi connectivity index (χ3n) is 5.22. The number of ether oxygens (including phenoxy) is 2. The van der Waals surface area contributed by atoms with Gasteiger partial charge in [-0.2, -0.15) is 0 Å². The molecule has 0 saturated carbocycles. The molecule has 146 valence electrons. The van der Waals surface area contributed by atoms with Gasteiger partial charge in [-0.1, -0.05) is 59.9 Å². The van der Waals surface area contributed by atoms with Crippen LogP contribution in [0.3, 0.4) is 0 Å². The number of carbonyl (C=O) groups is 1. The number of rotatable bonds is 5. The van der Waals surface area contributed by atoms with Crippen LogP contribution in [0.4, 0.5) is 5.13 Å². The summed E-state index contributed by atoms with van der Waals surface area (Å²) in [4.78, 5) is 19.3. The highest BCUT2D eigenvalue weighted by Crippen LogP contribution is 2.36. The number of thiazole rings is 1. The fourth-order valence-corrected chi connectivity index (χ4v) is 4.71. The van der Waals surface area contributed by atoms with E-state index in [0.717, 1.165) is 37.4 Å². The number of carbonyl (C=O) groups excluding carboxylic acids is 1. The molecule has 3 aromatic carbocycles. The highest BCUT2D eigenvalue weighted by atomic mass is 32.1. The number of methoxy groups -OCH3 is 1. The molecule has 0 unspecified atom stereocenters. The first kappa shape index (κ1) is 17.9. The van der Waals surface area contributed by atoms with E-state index in [-0.39, 0.29) is 18.5 Å². The molecule has 2 heterocycles. The number of hydrogen-bond acceptors (Lipinski definition) is 6. The Morgan fingerprint density at radius 2 is 1.90 bits per heavy atom. The summed E-state index contributed by atoms with van der Waals surface area (Å²) in [5, 5.41) is 3.18. The van der Waals surface area contributed by atoms with Crippen molar-refractivity contribution in [3.63, 3.8) is 0 Å². The van der Waals surface area contributed by atoms with Crippen LogP contribution in [0.25, 0.3) is 21.0 Å². The van der Waals surface area contributed by atoms with Gasteiger partial charge in [0, 0.05) is 0 Å². The average molecular weight is 404 g/mol. The first-order chi connectivity index (χ1) is 14.2. The molecule has 1 saturated heterocycles. The Morgan fingerprint density at radius 3 is 2.76 bits per heavy atom. The van der Waals surface area contributed by atoms with Crippen molar-refractivity contribution in [1.29, 1.82) is 0 Å². The van der Waals surface area contributed by atoms with Crippen LogP contribution in [0.5, 0.6) is 5.75 Å². The molecule has 0 amide bonds. The Hall–Kier alpha value is -3.12.